The maximum Gasteiger partial charge on any atom is 0.573 e. The molecule has 2 atom stereocenters. The summed E-state index contributed by atoms with van der Waals surface area (Å²) in [5.74, 6) is 0.273. The van der Waals surface area contributed by atoms with Crippen LogP contribution in [0.5, 0.6) is 5.75 Å². The van der Waals surface area contributed by atoms with Crippen LogP contribution in [0.1, 0.15) is 29.8 Å². The van der Waals surface area contributed by atoms with Crippen molar-refractivity contribution in [3.63, 3.8) is 0 Å². The normalized spacial score (nSPS) is 18.3. The molecule has 2 aromatic carbocycles. The third-order valence-corrected chi connectivity index (χ3v) is 5.64. The molecule has 1 N–H and O–H groups in total. The SMILES string of the molecule is Cc1cc(-c2ccc(OC(F)(F)F)cc2)ccc1C(=O)Nc1ccc(N2CC(C)OC(C)C2)nc1. The fourth-order valence-electron chi connectivity index (χ4n) is 4.16. The van der Waals surface area contributed by atoms with Gasteiger partial charge < -0.3 is 19.7 Å². The molecule has 1 aliphatic rings. The Hall–Kier alpha value is -3.59. The highest BCUT2D eigenvalue weighted by Crippen LogP contribution is 2.28. The van der Waals surface area contributed by atoms with Gasteiger partial charge in [-0.15, -0.1) is 13.2 Å². The Balaban J connectivity index is 1.42. The number of anilines is 2. The minimum atomic E-state index is -4.73. The first kappa shape index (κ1) is 24.5. The van der Waals surface area contributed by atoms with E-state index in [2.05, 4.69) is 19.9 Å². The fraction of sp³-hybridized carbons (Fsp3) is 0.308. The van der Waals surface area contributed by atoms with Gasteiger partial charge in [0.25, 0.3) is 5.91 Å². The van der Waals surface area contributed by atoms with Gasteiger partial charge in [0.2, 0.25) is 0 Å². The molecule has 184 valence electrons. The summed E-state index contributed by atoms with van der Waals surface area (Å²) < 4.78 is 46.7. The first-order valence-electron chi connectivity index (χ1n) is 11.2. The fourth-order valence-corrected chi connectivity index (χ4v) is 4.16. The van der Waals surface area contributed by atoms with Crippen LogP contribution in [0.15, 0.2) is 60.8 Å². The van der Waals surface area contributed by atoms with Crippen molar-refractivity contribution < 1.29 is 27.4 Å². The molecule has 1 aromatic heterocycles. The van der Waals surface area contributed by atoms with Crippen LogP contribution < -0.4 is 15.0 Å². The van der Waals surface area contributed by atoms with E-state index < -0.39 is 6.36 Å². The number of aromatic nitrogens is 1. The maximum absolute atomic E-state index is 12.8. The van der Waals surface area contributed by atoms with Gasteiger partial charge >= 0.3 is 6.36 Å². The first-order chi connectivity index (χ1) is 16.6. The molecule has 0 spiro atoms. The summed E-state index contributed by atoms with van der Waals surface area (Å²) in [6, 6.07) is 14.6. The molecule has 3 aromatic rings. The highest BCUT2D eigenvalue weighted by atomic mass is 19.4. The van der Waals surface area contributed by atoms with Gasteiger partial charge in [-0.1, -0.05) is 24.3 Å². The van der Waals surface area contributed by atoms with E-state index in [1.807, 2.05) is 39.0 Å². The van der Waals surface area contributed by atoms with Gasteiger partial charge in [0.15, 0.2) is 0 Å². The predicted molar refractivity (Wildman–Crippen MR) is 128 cm³/mol. The van der Waals surface area contributed by atoms with Gasteiger partial charge in [-0.3, -0.25) is 4.79 Å². The lowest BCUT2D eigenvalue weighted by molar-refractivity contribution is -0.274. The monoisotopic (exact) mass is 485 g/mol. The number of alkyl halides is 3. The van der Waals surface area contributed by atoms with E-state index in [0.717, 1.165) is 30.0 Å². The Kier molecular flexibility index (Phi) is 6.98. The number of amides is 1. The molecule has 0 saturated carbocycles. The number of nitrogens with one attached hydrogen (secondary N) is 1. The summed E-state index contributed by atoms with van der Waals surface area (Å²) in [5.41, 5.74) is 3.29. The third kappa shape index (κ3) is 6.30. The average molecular weight is 486 g/mol. The van der Waals surface area contributed by atoms with E-state index in [4.69, 9.17) is 4.74 Å². The lowest BCUT2D eigenvalue weighted by Crippen LogP contribution is -2.45. The average Bonchev–Trinajstić information content (AvgIpc) is 2.78. The summed E-state index contributed by atoms with van der Waals surface area (Å²) in [4.78, 5) is 19.5. The Labute approximate surface area is 201 Å². The number of pyridine rings is 1. The van der Waals surface area contributed by atoms with Crippen molar-refractivity contribution in [1.29, 1.82) is 0 Å². The van der Waals surface area contributed by atoms with Crippen molar-refractivity contribution in [1.82, 2.24) is 4.98 Å². The van der Waals surface area contributed by atoms with Crippen molar-refractivity contribution in [2.24, 2.45) is 0 Å². The maximum atomic E-state index is 12.8. The number of hydrogen-bond donors (Lipinski definition) is 1. The van der Waals surface area contributed by atoms with E-state index in [0.29, 0.717) is 16.8 Å². The van der Waals surface area contributed by atoms with Gasteiger partial charge in [0.05, 0.1) is 24.1 Å². The highest BCUT2D eigenvalue weighted by molar-refractivity contribution is 6.05. The highest BCUT2D eigenvalue weighted by Gasteiger charge is 2.31. The predicted octanol–water partition coefficient (Wildman–Crippen LogP) is 5.82. The summed E-state index contributed by atoms with van der Waals surface area (Å²) >= 11 is 0. The first-order valence-corrected chi connectivity index (χ1v) is 11.2. The second kappa shape index (κ2) is 9.95. The van der Waals surface area contributed by atoms with Gasteiger partial charge in [0, 0.05) is 18.7 Å². The van der Waals surface area contributed by atoms with Crippen molar-refractivity contribution in [3.05, 3.63) is 71.9 Å². The number of carbonyl (C=O) groups is 1. The molecule has 4 rings (SSSR count). The van der Waals surface area contributed by atoms with E-state index in [9.17, 15) is 18.0 Å². The van der Waals surface area contributed by atoms with Crippen molar-refractivity contribution in [2.45, 2.75) is 39.3 Å². The second-order valence-electron chi connectivity index (χ2n) is 8.62. The summed E-state index contributed by atoms with van der Waals surface area (Å²) in [6.07, 6.45) is -2.86. The number of morpholine rings is 1. The van der Waals surface area contributed by atoms with Gasteiger partial charge in [-0.05, 0) is 67.8 Å². The van der Waals surface area contributed by atoms with Crippen molar-refractivity contribution >= 4 is 17.4 Å². The molecular weight excluding hydrogens is 459 g/mol. The zero-order valence-corrected chi connectivity index (χ0v) is 19.6. The lowest BCUT2D eigenvalue weighted by Gasteiger charge is -2.36. The van der Waals surface area contributed by atoms with Crippen LogP contribution in [0.4, 0.5) is 24.7 Å². The van der Waals surface area contributed by atoms with Crippen LogP contribution in [0.25, 0.3) is 11.1 Å². The molecule has 0 aliphatic carbocycles. The van der Waals surface area contributed by atoms with Crippen LogP contribution in [-0.2, 0) is 4.74 Å². The van der Waals surface area contributed by atoms with Gasteiger partial charge in [-0.2, -0.15) is 0 Å². The van der Waals surface area contributed by atoms with Crippen LogP contribution >= 0.6 is 0 Å². The van der Waals surface area contributed by atoms with Crippen molar-refractivity contribution in [2.75, 3.05) is 23.3 Å². The number of halogens is 3. The Bertz CT molecular complexity index is 1170. The topological polar surface area (TPSA) is 63.7 Å². The molecule has 1 saturated heterocycles. The van der Waals surface area contributed by atoms with Crippen LogP contribution in [0, 0.1) is 6.92 Å². The van der Waals surface area contributed by atoms with E-state index in [1.165, 1.54) is 12.1 Å². The molecular formula is C26H26F3N3O3. The number of rotatable bonds is 5. The number of hydrogen-bond acceptors (Lipinski definition) is 5. The molecule has 6 nitrogen and oxygen atoms in total. The van der Waals surface area contributed by atoms with E-state index in [-0.39, 0.29) is 23.9 Å². The Morgan fingerprint density at radius 1 is 1.03 bits per heavy atom. The Morgan fingerprint density at radius 2 is 1.69 bits per heavy atom. The van der Waals surface area contributed by atoms with Gasteiger partial charge in [0.1, 0.15) is 11.6 Å². The largest absolute Gasteiger partial charge is 0.573 e. The van der Waals surface area contributed by atoms with Crippen molar-refractivity contribution in [3.8, 4) is 16.9 Å². The number of benzene rings is 2. The molecule has 1 amide bonds. The molecule has 9 heteroatoms. The zero-order valence-electron chi connectivity index (χ0n) is 19.6. The number of ether oxygens (including phenoxy) is 2. The summed E-state index contributed by atoms with van der Waals surface area (Å²) in [6.45, 7) is 7.38. The smallest absolute Gasteiger partial charge is 0.406 e. The number of aryl methyl sites for hydroxylation is 1. The lowest BCUT2D eigenvalue weighted by atomic mass is 9.99. The van der Waals surface area contributed by atoms with Crippen LogP contribution in [-0.4, -0.2) is 42.6 Å². The molecule has 2 unspecified atom stereocenters. The molecule has 35 heavy (non-hydrogen) atoms. The molecule has 1 fully saturated rings. The zero-order chi connectivity index (χ0) is 25.2. The second-order valence-corrected chi connectivity index (χ2v) is 8.62. The van der Waals surface area contributed by atoms with Gasteiger partial charge in [-0.25, -0.2) is 4.98 Å². The standard InChI is InChI=1S/C26H26F3N3O3/c1-16-12-20(19-4-8-22(9-5-19)35-26(27,28)29)6-10-23(16)25(33)31-21-7-11-24(30-13-21)32-14-17(2)34-18(3)15-32/h4-13,17-18H,14-15H2,1-3H3,(H,31,33). The molecule has 2 heterocycles. The molecule has 0 bridgehead atoms. The summed E-state index contributed by atoms with van der Waals surface area (Å²) in [7, 11) is 0. The van der Waals surface area contributed by atoms with E-state index >= 15 is 0 Å². The molecule has 1 aliphatic heterocycles. The number of nitrogens with zero attached hydrogens (tertiary/aromatic N) is 2. The van der Waals surface area contributed by atoms with E-state index in [1.54, 1.807) is 30.5 Å². The minimum absolute atomic E-state index is 0.122. The van der Waals surface area contributed by atoms with Crippen LogP contribution in [0.3, 0.4) is 0 Å². The Morgan fingerprint density at radius 3 is 2.26 bits per heavy atom. The number of carbonyl (C=O) groups excluding carboxylic acids is 1. The van der Waals surface area contributed by atoms with Crippen LogP contribution in [0.2, 0.25) is 0 Å². The molecule has 0 radical (unpaired) electrons. The minimum Gasteiger partial charge on any atom is -0.406 e. The third-order valence-electron chi connectivity index (χ3n) is 5.64. The summed E-state index contributed by atoms with van der Waals surface area (Å²) in [5, 5.41) is 2.87. The quantitative estimate of drug-likeness (QED) is 0.493.